The SMILES string of the molecule is C=CCOc1ccc(C2=NN3C(C2)c2cc(Br)cc(Br)c2OC3c2ccc(-c3ccccc3Cl)o2)cc1. The lowest BCUT2D eigenvalue weighted by molar-refractivity contribution is -0.0328. The highest BCUT2D eigenvalue weighted by atomic mass is 79.9. The van der Waals surface area contributed by atoms with Crippen LogP contribution in [0.25, 0.3) is 11.3 Å². The molecule has 5 nitrogen and oxygen atoms in total. The molecule has 6 rings (SSSR count). The number of hydrogen-bond acceptors (Lipinski definition) is 5. The van der Waals surface area contributed by atoms with E-state index in [9.17, 15) is 0 Å². The third kappa shape index (κ3) is 4.60. The molecule has 0 radical (unpaired) electrons. The van der Waals surface area contributed by atoms with Crippen molar-refractivity contribution in [1.29, 1.82) is 0 Å². The van der Waals surface area contributed by atoms with Gasteiger partial charge in [0.2, 0.25) is 6.23 Å². The lowest BCUT2D eigenvalue weighted by Gasteiger charge is -2.37. The number of furan rings is 1. The average Bonchev–Trinajstić information content (AvgIpc) is 3.56. The number of fused-ring (bicyclic) bond motifs is 3. The molecule has 0 saturated carbocycles. The van der Waals surface area contributed by atoms with Gasteiger partial charge in [0.15, 0.2) is 5.76 Å². The predicted molar refractivity (Wildman–Crippen MR) is 152 cm³/mol. The van der Waals surface area contributed by atoms with Crippen LogP contribution in [0, 0.1) is 0 Å². The summed E-state index contributed by atoms with van der Waals surface area (Å²) in [5.41, 5.74) is 3.89. The van der Waals surface area contributed by atoms with Gasteiger partial charge in [0.25, 0.3) is 0 Å². The van der Waals surface area contributed by atoms with Crippen molar-refractivity contribution in [2.45, 2.75) is 18.7 Å². The number of halogens is 3. The minimum absolute atomic E-state index is 0.0249. The number of ether oxygens (including phenoxy) is 2. The van der Waals surface area contributed by atoms with E-state index in [2.05, 4.69) is 44.5 Å². The van der Waals surface area contributed by atoms with Gasteiger partial charge >= 0.3 is 0 Å². The Hall–Kier alpha value is -3.00. The van der Waals surface area contributed by atoms with Gasteiger partial charge in [-0.25, -0.2) is 5.01 Å². The maximum atomic E-state index is 6.54. The molecule has 4 aromatic rings. The van der Waals surface area contributed by atoms with Gasteiger partial charge < -0.3 is 13.9 Å². The first-order valence-corrected chi connectivity index (χ1v) is 13.7. The van der Waals surface area contributed by atoms with E-state index in [1.807, 2.05) is 71.7 Å². The molecule has 2 aliphatic rings. The molecular formula is C29H21Br2ClN2O3. The highest BCUT2D eigenvalue weighted by molar-refractivity contribution is 9.11. The zero-order valence-corrected chi connectivity index (χ0v) is 23.5. The van der Waals surface area contributed by atoms with Crippen LogP contribution in [-0.4, -0.2) is 17.3 Å². The van der Waals surface area contributed by atoms with Crippen molar-refractivity contribution in [2.24, 2.45) is 5.10 Å². The Labute approximate surface area is 236 Å². The number of nitrogens with zero attached hydrogens (tertiary/aromatic N) is 2. The highest BCUT2D eigenvalue weighted by Crippen LogP contribution is 2.51. The monoisotopic (exact) mass is 638 g/mol. The summed E-state index contributed by atoms with van der Waals surface area (Å²) in [6, 6.07) is 23.5. The largest absolute Gasteiger partial charge is 0.490 e. The lowest BCUT2D eigenvalue weighted by atomic mass is 9.96. The van der Waals surface area contributed by atoms with Crippen molar-refractivity contribution in [2.75, 3.05) is 6.61 Å². The minimum atomic E-state index is -0.543. The van der Waals surface area contributed by atoms with Gasteiger partial charge in [0.1, 0.15) is 23.9 Å². The predicted octanol–water partition coefficient (Wildman–Crippen LogP) is 8.93. The van der Waals surface area contributed by atoms with Crippen molar-refractivity contribution < 1.29 is 13.9 Å². The topological polar surface area (TPSA) is 47.2 Å². The number of benzene rings is 3. The van der Waals surface area contributed by atoms with E-state index in [1.54, 1.807) is 6.08 Å². The molecular weight excluding hydrogens is 620 g/mol. The summed E-state index contributed by atoms with van der Waals surface area (Å²) in [5.74, 6) is 2.91. The minimum Gasteiger partial charge on any atom is -0.490 e. The first-order valence-electron chi connectivity index (χ1n) is 11.7. The molecule has 2 aliphatic heterocycles. The molecule has 3 aromatic carbocycles. The highest BCUT2D eigenvalue weighted by Gasteiger charge is 2.43. The van der Waals surface area contributed by atoms with Crippen LogP contribution in [0.1, 0.15) is 35.6 Å². The second kappa shape index (κ2) is 10.0. The number of hydrazone groups is 1. The molecule has 8 heteroatoms. The van der Waals surface area contributed by atoms with Gasteiger partial charge in [0, 0.05) is 22.0 Å². The van der Waals surface area contributed by atoms with Gasteiger partial charge in [-0.3, -0.25) is 0 Å². The van der Waals surface area contributed by atoms with E-state index in [1.165, 1.54) is 0 Å². The summed E-state index contributed by atoms with van der Waals surface area (Å²) in [7, 11) is 0. The fraction of sp³-hybridized carbons (Fsp3) is 0.138. The molecule has 0 bridgehead atoms. The first-order chi connectivity index (χ1) is 18.0. The summed E-state index contributed by atoms with van der Waals surface area (Å²) in [6.07, 6.45) is 1.91. The first kappa shape index (κ1) is 24.3. The van der Waals surface area contributed by atoms with Crippen LogP contribution in [0.2, 0.25) is 5.02 Å². The van der Waals surface area contributed by atoms with Crippen molar-refractivity contribution in [3.8, 4) is 22.8 Å². The van der Waals surface area contributed by atoms with E-state index in [0.717, 1.165) is 49.3 Å². The maximum Gasteiger partial charge on any atom is 0.246 e. The van der Waals surface area contributed by atoms with Crippen LogP contribution in [0.3, 0.4) is 0 Å². The normalized spacial score (nSPS) is 18.0. The van der Waals surface area contributed by atoms with Crippen molar-refractivity contribution in [1.82, 2.24) is 5.01 Å². The Morgan fingerprint density at radius 1 is 1.08 bits per heavy atom. The fourth-order valence-electron chi connectivity index (χ4n) is 4.67. The van der Waals surface area contributed by atoms with E-state index in [0.29, 0.717) is 23.2 Å². The van der Waals surface area contributed by atoms with Crippen molar-refractivity contribution >= 4 is 49.2 Å². The smallest absolute Gasteiger partial charge is 0.246 e. The molecule has 186 valence electrons. The molecule has 1 aromatic heterocycles. The van der Waals surface area contributed by atoms with Crippen LogP contribution < -0.4 is 9.47 Å². The summed E-state index contributed by atoms with van der Waals surface area (Å²) in [4.78, 5) is 0. The standard InChI is InChI=1S/C29H21Br2ClN2O3/c1-2-13-35-19-9-7-17(8-10-19)24-16-25-21-14-18(30)15-22(31)28(21)37-29(34(25)33-24)27-12-11-26(36-27)20-5-3-4-6-23(20)32/h2-12,14-15,25,29H,1,13,16H2. The summed E-state index contributed by atoms with van der Waals surface area (Å²) in [5, 5.41) is 7.66. The average molecular weight is 641 g/mol. The van der Waals surface area contributed by atoms with E-state index in [4.69, 9.17) is 30.6 Å². The molecule has 2 unspecified atom stereocenters. The Kier molecular flexibility index (Phi) is 6.61. The van der Waals surface area contributed by atoms with Gasteiger partial charge in [-0.1, -0.05) is 52.3 Å². The molecule has 0 fully saturated rings. The van der Waals surface area contributed by atoms with Crippen molar-refractivity contribution in [3.63, 3.8) is 0 Å². The fourth-order valence-corrected chi connectivity index (χ4v) is 6.25. The van der Waals surface area contributed by atoms with Gasteiger partial charge in [-0.2, -0.15) is 5.10 Å². The van der Waals surface area contributed by atoms with Gasteiger partial charge in [0.05, 0.1) is 21.2 Å². The van der Waals surface area contributed by atoms with E-state index in [-0.39, 0.29) is 6.04 Å². The number of hydrogen-bond donors (Lipinski definition) is 0. The van der Waals surface area contributed by atoms with Crippen LogP contribution in [0.4, 0.5) is 0 Å². The van der Waals surface area contributed by atoms with E-state index >= 15 is 0 Å². The van der Waals surface area contributed by atoms with E-state index < -0.39 is 6.23 Å². The molecule has 37 heavy (non-hydrogen) atoms. The van der Waals surface area contributed by atoms with Crippen LogP contribution >= 0.6 is 43.5 Å². The Balaban J connectivity index is 1.39. The van der Waals surface area contributed by atoms with Gasteiger partial charge in [-0.05, 0) is 82.2 Å². The quantitative estimate of drug-likeness (QED) is 0.198. The maximum absolute atomic E-state index is 6.54. The summed E-state index contributed by atoms with van der Waals surface area (Å²) >= 11 is 13.7. The lowest BCUT2D eigenvalue weighted by Crippen LogP contribution is -2.33. The van der Waals surface area contributed by atoms with Crippen LogP contribution in [0.5, 0.6) is 11.5 Å². The van der Waals surface area contributed by atoms with Gasteiger partial charge in [-0.15, -0.1) is 0 Å². The van der Waals surface area contributed by atoms with Crippen LogP contribution in [0.15, 0.2) is 104 Å². The Bertz CT molecular complexity index is 1520. The van der Waals surface area contributed by atoms with Crippen molar-refractivity contribution in [3.05, 3.63) is 116 Å². The zero-order chi connectivity index (χ0) is 25.5. The molecule has 0 amide bonds. The number of rotatable bonds is 6. The molecule has 0 spiro atoms. The molecule has 0 saturated heterocycles. The molecule has 2 atom stereocenters. The molecule has 3 heterocycles. The molecule has 0 aliphatic carbocycles. The third-order valence-electron chi connectivity index (χ3n) is 6.37. The second-order valence-corrected chi connectivity index (χ2v) is 10.9. The molecule has 0 N–H and O–H groups in total. The Morgan fingerprint density at radius 2 is 1.89 bits per heavy atom. The summed E-state index contributed by atoms with van der Waals surface area (Å²) < 4.78 is 20.3. The third-order valence-corrected chi connectivity index (χ3v) is 7.75. The Morgan fingerprint density at radius 3 is 2.68 bits per heavy atom. The summed E-state index contributed by atoms with van der Waals surface area (Å²) in [6.45, 7) is 4.17. The van der Waals surface area contributed by atoms with Crippen LogP contribution in [-0.2, 0) is 0 Å². The zero-order valence-electron chi connectivity index (χ0n) is 19.5. The second-order valence-electron chi connectivity index (χ2n) is 8.73.